The van der Waals surface area contributed by atoms with E-state index in [-0.39, 0.29) is 26.3 Å². The van der Waals surface area contributed by atoms with Gasteiger partial charge in [-0.3, -0.25) is 0 Å². The van der Waals surface area contributed by atoms with Crippen LogP contribution in [-0.2, 0) is 9.47 Å². The zero-order valence-corrected chi connectivity index (χ0v) is 13.3. The molecule has 0 spiro atoms. The minimum atomic E-state index is -0.564. The average molecular weight is 314 g/mol. The van der Waals surface area contributed by atoms with Gasteiger partial charge in [0.15, 0.2) is 0 Å². The summed E-state index contributed by atoms with van der Waals surface area (Å²) in [5.41, 5.74) is 0. The van der Waals surface area contributed by atoms with Crippen LogP contribution in [0.2, 0.25) is 0 Å². The fraction of sp³-hybridized carbons (Fsp3) is 0.667. The van der Waals surface area contributed by atoms with Crippen molar-refractivity contribution >= 4 is 12.2 Å². The van der Waals surface area contributed by atoms with Gasteiger partial charge >= 0.3 is 12.2 Å². The molecule has 0 aliphatic rings. The van der Waals surface area contributed by atoms with Crippen LogP contribution in [0.5, 0.6) is 0 Å². The lowest BCUT2D eigenvalue weighted by Gasteiger charge is -2.07. The molecule has 2 amide bonds. The second-order valence-electron chi connectivity index (χ2n) is 3.74. The van der Waals surface area contributed by atoms with Crippen molar-refractivity contribution in [2.75, 3.05) is 40.4 Å². The summed E-state index contributed by atoms with van der Waals surface area (Å²) in [6, 6.07) is 0. The van der Waals surface area contributed by atoms with Crippen molar-refractivity contribution in [1.29, 1.82) is 0 Å². The predicted octanol–water partition coefficient (Wildman–Crippen LogP) is 2.45. The maximum atomic E-state index is 11.2. The first kappa shape index (κ1) is 19.5. The van der Waals surface area contributed by atoms with E-state index in [0.717, 1.165) is 10.0 Å². The van der Waals surface area contributed by atoms with E-state index in [4.69, 9.17) is 9.47 Å². The van der Waals surface area contributed by atoms with E-state index in [1.165, 1.54) is 14.1 Å². The first-order valence-electron chi connectivity index (χ1n) is 6.73. The fourth-order valence-electron chi connectivity index (χ4n) is 1.01. The number of carbonyl (C=O) groups is 2. The molecule has 0 saturated heterocycles. The van der Waals surface area contributed by atoms with Gasteiger partial charge in [0.2, 0.25) is 0 Å². The first-order chi connectivity index (χ1) is 10.5. The van der Waals surface area contributed by atoms with Gasteiger partial charge in [0, 0.05) is 14.1 Å². The van der Waals surface area contributed by atoms with Crippen LogP contribution in [0, 0.1) is 0 Å². The van der Waals surface area contributed by atoms with E-state index in [9.17, 15) is 9.59 Å². The Labute approximate surface area is 129 Å². The molecule has 0 aliphatic heterocycles. The standard InChI is InChI=1S/C12H22N6O4/c1-5-21-11(19)17(3)15-13-9-7-8-10-14-16-18(4)12(20)22-6-2/h7-8H,5-6,9-10H2,1-4H3/b8-7+,15-13?,16-14?. The lowest BCUT2D eigenvalue weighted by molar-refractivity contribution is 0.113. The van der Waals surface area contributed by atoms with Crippen molar-refractivity contribution in [1.82, 2.24) is 10.0 Å². The van der Waals surface area contributed by atoms with Gasteiger partial charge < -0.3 is 9.47 Å². The lowest BCUT2D eigenvalue weighted by atomic mass is 10.5. The molecule has 0 aromatic carbocycles. The largest absolute Gasteiger partial charge is 0.448 e. The summed E-state index contributed by atoms with van der Waals surface area (Å²) in [5, 5.41) is 16.8. The summed E-state index contributed by atoms with van der Waals surface area (Å²) in [6.07, 6.45) is 2.27. The van der Waals surface area contributed by atoms with Gasteiger partial charge in [-0.05, 0) is 13.8 Å². The summed E-state index contributed by atoms with van der Waals surface area (Å²) >= 11 is 0. The van der Waals surface area contributed by atoms with Crippen LogP contribution in [0.25, 0.3) is 0 Å². The molecule has 0 saturated carbocycles. The van der Waals surface area contributed by atoms with E-state index in [0.29, 0.717) is 0 Å². The van der Waals surface area contributed by atoms with E-state index >= 15 is 0 Å². The number of amides is 2. The highest BCUT2D eigenvalue weighted by Crippen LogP contribution is 1.93. The van der Waals surface area contributed by atoms with Gasteiger partial charge in [0.05, 0.1) is 26.3 Å². The number of ether oxygens (including phenoxy) is 2. The van der Waals surface area contributed by atoms with Gasteiger partial charge in [-0.25, -0.2) is 9.59 Å². The molecule has 0 aromatic heterocycles. The fourth-order valence-corrected chi connectivity index (χ4v) is 1.01. The second-order valence-corrected chi connectivity index (χ2v) is 3.74. The highest BCUT2D eigenvalue weighted by Gasteiger charge is 2.06. The molecule has 0 N–H and O–H groups in total. The number of hydrogen-bond acceptors (Lipinski definition) is 8. The number of rotatable bonds is 8. The normalized spacial score (nSPS) is 11.3. The molecule has 124 valence electrons. The van der Waals surface area contributed by atoms with Crippen molar-refractivity contribution in [2.24, 2.45) is 20.7 Å². The van der Waals surface area contributed by atoms with Crippen molar-refractivity contribution in [3.8, 4) is 0 Å². The highest BCUT2D eigenvalue weighted by atomic mass is 16.6. The first-order valence-corrected chi connectivity index (χ1v) is 6.73. The smallest absolute Gasteiger partial charge is 0.431 e. The monoisotopic (exact) mass is 314 g/mol. The quantitative estimate of drug-likeness (QED) is 0.389. The Hall–Kier alpha value is -2.52. The van der Waals surface area contributed by atoms with E-state index in [1.807, 2.05) is 0 Å². The third-order valence-corrected chi connectivity index (χ3v) is 2.00. The molecule has 0 heterocycles. The molecule has 22 heavy (non-hydrogen) atoms. The third kappa shape index (κ3) is 9.39. The minimum Gasteiger partial charge on any atom is -0.448 e. The van der Waals surface area contributed by atoms with Crippen molar-refractivity contribution in [3.05, 3.63) is 12.2 Å². The van der Waals surface area contributed by atoms with Gasteiger partial charge in [0.1, 0.15) is 0 Å². The maximum absolute atomic E-state index is 11.2. The Bertz CT molecular complexity index is 386. The Morgan fingerprint density at radius 1 is 0.864 bits per heavy atom. The molecule has 0 atom stereocenters. The van der Waals surface area contributed by atoms with Crippen LogP contribution >= 0.6 is 0 Å². The van der Waals surface area contributed by atoms with Crippen LogP contribution in [-0.4, -0.2) is 62.6 Å². The molecule has 0 aliphatic carbocycles. The molecule has 0 unspecified atom stereocenters. The molecule has 0 aromatic rings. The molecular formula is C12H22N6O4. The molecule has 10 heteroatoms. The summed E-state index contributed by atoms with van der Waals surface area (Å²) < 4.78 is 9.44. The third-order valence-electron chi connectivity index (χ3n) is 2.00. The zero-order chi connectivity index (χ0) is 16.8. The van der Waals surface area contributed by atoms with Crippen LogP contribution in [0.15, 0.2) is 32.8 Å². The van der Waals surface area contributed by atoms with E-state index in [1.54, 1.807) is 26.0 Å². The van der Waals surface area contributed by atoms with Crippen LogP contribution < -0.4 is 0 Å². The summed E-state index contributed by atoms with van der Waals surface area (Å²) in [6.45, 7) is 4.55. The van der Waals surface area contributed by atoms with E-state index < -0.39 is 12.2 Å². The second kappa shape index (κ2) is 12.2. The Morgan fingerprint density at radius 2 is 1.23 bits per heavy atom. The molecule has 0 rings (SSSR count). The van der Waals surface area contributed by atoms with Crippen LogP contribution in [0.1, 0.15) is 13.8 Å². The molecular weight excluding hydrogens is 292 g/mol. The Kier molecular flexibility index (Phi) is 10.8. The topological polar surface area (TPSA) is 109 Å². The maximum Gasteiger partial charge on any atom is 0.431 e. The predicted molar refractivity (Wildman–Crippen MR) is 78.2 cm³/mol. The average Bonchev–Trinajstić information content (AvgIpc) is 2.49. The number of hydrogen-bond donors (Lipinski definition) is 0. The van der Waals surface area contributed by atoms with Crippen molar-refractivity contribution in [3.63, 3.8) is 0 Å². The van der Waals surface area contributed by atoms with Gasteiger partial charge in [-0.15, -0.1) is 0 Å². The SMILES string of the molecule is CCOC(=O)N(C)N=NC/C=C/CN=NN(C)C(=O)OCC. The van der Waals surface area contributed by atoms with Gasteiger partial charge in [-0.1, -0.05) is 22.6 Å². The molecule has 10 nitrogen and oxygen atoms in total. The van der Waals surface area contributed by atoms with Crippen molar-refractivity contribution < 1.29 is 19.1 Å². The highest BCUT2D eigenvalue weighted by molar-refractivity contribution is 5.66. The summed E-state index contributed by atoms with van der Waals surface area (Å²) in [5.74, 6) is 0. The number of nitrogens with zero attached hydrogens (tertiary/aromatic N) is 6. The van der Waals surface area contributed by atoms with E-state index in [2.05, 4.69) is 20.7 Å². The summed E-state index contributed by atoms with van der Waals surface area (Å²) in [4.78, 5) is 22.4. The molecule has 0 radical (unpaired) electrons. The van der Waals surface area contributed by atoms with Crippen LogP contribution in [0.4, 0.5) is 9.59 Å². The molecule has 0 fully saturated rings. The minimum absolute atomic E-state index is 0.282. The molecule has 0 bridgehead atoms. The summed E-state index contributed by atoms with van der Waals surface area (Å²) in [7, 11) is 2.90. The van der Waals surface area contributed by atoms with Gasteiger partial charge in [0.25, 0.3) is 0 Å². The lowest BCUT2D eigenvalue weighted by Crippen LogP contribution is -2.21. The van der Waals surface area contributed by atoms with Crippen LogP contribution in [0.3, 0.4) is 0 Å². The zero-order valence-electron chi connectivity index (χ0n) is 13.3. The number of carbonyl (C=O) groups excluding carboxylic acids is 2. The van der Waals surface area contributed by atoms with Gasteiger partial charge in [-0.2, -0.15) is 20.2 Å². The Balaban J connectivity index is 3.92. The van der Waals surface area contributed by atoms with Crippen molar-refractivity contribution in [2.45, 2.75) is 13.8 Å². The Morgan fingerprint density at radius 3 is 1.55 bits per heavy atom.